The quantitative estimate of drug-likeness (QED) is 0.416. The lowest BCUT2D eigenvalue weighted by Crippen LogP contribution is -2.46. The summed E-state index contributed by atoms with van der Waals surface area (Å²) in [5.41, 5.74) is -3.77. The Morgan fingerprint density at radius 1 is 1.12 bits per heavy atom. The van der Waals surface area contributed by atoms with Gasteiger partial charge in [-0.1, -0.05) is 12.1 Å². The van der Waals surface area contributed by atoms with Crippen LogP contribution in [-0.2, 0) is 22.6 Å². The van der Waals surface area contributed by atoms with Gasteiger partial charge in [0.1, 0.15) is 5.82 Å². The highest BCUT2D eigenvalue weighted by Gasteiger charge is 2.39. The molecule has 1 fully saturated rings. The number of sulfone groups is 1. The number of amides is 2. The molecule has 224 valence electrons. The first-order chi connectivity index (χ1) is 20.3. The molecule has 12 nitrogen and oxygen atoms in total. The summed E-state index contributed by atoms with van der Waals surface area (Å²) in [4.78, 5) is 52.6. The molecular weight excluding hydrogens is 593 g/mol. The number of carbonyl (C=O) groups excluding carboxylic acids is 2. The number of pyridine rings is 1. The second kappa shape index (κ2) is 11.1. The standard InChI is InChI=1S/C27H23F3N6O6S/c1-31-19-5-4-16(15-18(19)27(28,29)30)25(39)35-10-2-3-20(35)23-33-24(38)22(37)21-26(40)34(11-12-36(21)23)13-14-43(41,42)17-6-8-32-9-7-17/h4-9,15,20,37H,2-3,10-14H2/t20-/m0/s1. The van der Waals surface area contributed by atoms with E-state index >= 15 is 0 Å². The van der Waals surface area contributed by atoms with Crippen molar-refractivity contribution in [2.75, 3.05) is 25.4 Å². The molecule has 2 aliphatic heterocycles. The second-order valence-electron chi connectivity index (χ2n) is 9.92. The molecule has 2 amide bonds. The van der Waals surface area contributed by atoms with Crippen LogP contribution in [0.2, 0.25) is 0 Å². The van der Waals surface area contributed by atoms with Crippen LogP contribution in [0, 0.1) is 6.57 Å². The molecule has 2 aromatic heterocycles. The van der Waals surface area contributed by atoms with Crippen molar-refractivity contribution in [1.82, 2.24) is 24.3 Å². The molecule has 1 saturated heterocycles. The van der Waals surface area contributed by atoms with Gasteiger partial charge in [-0.2, -0.15) is 18.2 Å². The molecule has 0 bridgehead atoms. The van der Waals surface area contributed by atoms with Crippen LogP contribution in [0.15, 0.2) is 52.4 Å². The maximum Gasteiger partial charge on any atom is 0.407 e. The van der Waals surface area contributed by atoms with Gasteiger partial charge in [0, 0.05) is 44.1 Å². The highest BCUT2D eigenvalue weighted by molar-refractivity contribution is 7.91. The molecular formula is C27H23F3N6O6S. The zero-order valence-corrected chi connectivity index (χ0v) is 23.1. The van der Waals surface area contributed by atoms with Crippen molar-refractivity contribution in [3.05, 3.63) is 87.1 Å². The maximum atomic E-state index is 13.5. The van der Waals surface area contributed by atoms with Crippen LogP contribution in [0.5, 0.6) is 5.75 Å². The summed E-state index contributed by atoms with van der Waals surface area (Å²) in [5.74, 6) is -2.98. The van der Waals surface area contributed by atoms with Gasteiger partial charge in [0.2, 0.25) is 5.75 Å². The van der Waals surface area contributed by atoms with E-state index < -0.39 is 67.9 Å². The zero-order valence-electron chi connectivity index (χ0n) is 22.3. The summed E-state index contributed by atoms with van der Waals surface area (Å²) in [7, 11) is -3.77. The van der Waals surface area contributed by atoms with Crippen LogP contribution in [0.4, 0.5) is 18.9 Å². The summed E-state index contributed by atoms with van der Waals surface area (Å²) in [5, 5.41) is 10.5. The van der Waals surface area contributed by atoms with Gasteiger partial charge in [0.05, 0.1) is 28.8 Å². The highest BCUT2D eigenvalue weighted by Crippen LogP contribution is 2.39. The normalized spacial score (nSPS) is 17.1. The Balaban J connectivity index is 1.44. The van der Waals surface area contributed by atoms with E-state index in [0.717, 1.165) is 12.1 Å². The SMILES string of the molecule is [C-]#[N+]c1ccc(C(=O)N2CCC[C@H]2c2nc(=O)c(O)c3n2CCN(CCS(=O)(=O)c2ccncc2)C3=O)cc1C(F)(F)F. The molecule has 0 aliphatic carbocycles. The monoisotopic (exact) mass is 616 g/mol. The topological polar surface area (TPSA) is 147 Å². The minimum absolute atomic E-state index is 0.00237. The minimum Gasteiger partial charge on any atom is -0.501 e. The number of carbonyl (C=O) groups is 2. The molecule has 43 heavy (non-hydrogen) atoms. The third-order valence-electron chi connectivity index (χ3n) is 7.39. The molecule has 1 atom stereocenters. The molecule has 0 saturated carbocycles. The Kier molecular flexibility index (Phi) is 7.69. The summed E-state index contributed by atoms with van der Waals surface area (Å²) in [6.45, 7) is 6.91. The Hall–Kier alpha value is -4.78. The van der Waals surface area contributed by atoms with Crippen molar-refractivity contribution >= 4 is 27.3 Å². The van der Waals surface area contributed by atoms with E-state index in [1.807, 2.05) is 0 Å². The van der Waals surface area contributed by atoms with Crippen molar-refractivity contribution in [2.24, 2.45) is 0 Å². The van der Waals surface area contributed by atoms with Crippen molar-refractivity contribution < 1.29 is 36.3 Å². The van der Waals surface area contributed by atoms with Crippen LogP contribution in [0.25, 0.3) is 4.85 Å². The van der Waals surface area contributed by atoms with E-state index in [1.54, 1.807) is 0 Å². The van der Waals surface area contributed by atoms with E-state index in [2.05, 4.69) is 14.8 Å². The van der Waals surface area contributed by atoms with Crippen LogP contribution in [-0.4, -0.2) is 75.1 Å². The molecule has 2 aliphatic rings. The number of rotatable bonds is 6. The van der Waals surface area contributed by atoms with Crippen molar-refractivity contribution in [1.29, 1.82) is 0 Å². The van der Waals surface area contributed by atoms with Gasteiger partial charge in [-0.05, 0) is 31.0 Å². The van der Waals surface area contributed by atoms with Gasteiger partial charge in [0.15, 0.2) is 21.2 Å². The first-order valence-corrected chi connectivity index (χ1v) is 14.6. The van der Waals surface area contributed by atoms with Crippen molar-refractivity contribution in [3.63, 3.8) is 0 Å². The predicted octanol–water partition coefficient (Wildman–Crippen LogP) is 2.82. The van der Waals surface area contributed by atoms with E-state index in [-0.39, 0.29) is 48.9 Å². The summed E-state index contributed by atoms with van der Waals surface area (Å²) in [6.07, 6.45) is -1.53. The van der Waals surface area contributed by atoms with Gasteiger partial charge >= 0.3 is 11.7 Å². The molecule has 4 heterocycles. The first kappa shape index (κ1) is 29.7. The lowest BCUT2D eigenvalue weighted by atomic mass is 10.1. The number of fused-ring (bicyclic) bond motifs is 1. The van der Waals surface area contributed by atoms with Crippen LogP contribution in [0.1, 0.15) is 51.1 Å². The number of hydrogen-bond donors (Lipinski definition) is 1. The van der Waals surface area contributed by atoms with Crippen molar-refractivity contribution in [2.45, 2.75) is 36.5 Å². The lowest BCUT2D eigenvalue weighted by Gasteiger charge is -2.33. The maximum absolute atomic E-state index is 13.5. The molecule has 0 spiro atoms. The third kappa shape index (κ3) is 5.55. The Labute approximate surface area is 242 Å². The highest BCUT2D eigenvalue weighted by atomic mass is 32.2. The first-order valence-electron chi connectivity index (χ1n) is 13.0. The van der Waals surface area contributed by atoms with Crippen LogP contribution >= 0.6 is 0 Å². The fourth-order valence-electron chi connectivity index (χ4n) is 5.28. The third-order valence-corrected chi connectivity index (χ3v) is 9.10. The fraction of sp³-hybridized carbons (Fsp3) is 0.333. The smallest absolute Gasteiger partial charge is 0.407 e. The van der Waals surface area contributed by atoms with Gasteiger partial charge in [-0.15, -0.1) is 0 Å². The molecule has 3 aromatic rings. The molecule has 0 unspecified atom stereocenters. The number of alkyl halides is 3. The van der Waals surface area contributed by atoms with E-state index in [0.29, 0.717) is 12.5 Å². The molecule has 5 rings (SSSR count). The number of aromatic nitrogens is 3. The van der Waals surface area contributed by atoms with E-state index in [1.165, 1.54) is 38.9 Å². The molecule has 1 aromatic carbocycles. The molecule has 0 radical (unpaired) electrons. The summed E-state index contributed by atoms with van der Waals surface area (Å²) < 4.78 is 67.3. The minimum atomic E-state index is -4.87. The van der Waals surface area contributed by atoms with E-state index in [9.17, 15) is 41.1 Å². The van der Waals surface area contributed by atoms with Gasteiger partial charge < -0.3 is 19.5 Å². The van der Waals surface area contributed by atoms with Crippen LogP contribution < -0.4 is 5.56 Å². The number of aromatic hydroxyl groups is 1. The zero-order chi connectivity index (χ0) is 31.1. The number of nitrogens with zero attached hydrogens (tertiary/aromatic N) is 6. The fourth-order valence-corrected chi connectivity index (χ4v) is 6.51. The lowest BCUT2D eigenvalue weighted by molar-refractivity contribution is -0.136. The number of hydrogen-bond acceptors (Lipinski definition) is 8. The average Bonchev–Trinajstić information content (AvgIpc) is 3.47. The number of benzene rings is 1. The average molecular weight is 617 g/mol. The largest absolute Gasteiger partial charge is 0.501 e. The Morgan fingerprint density at radius 3 is 2.51 bits per heavy atom. The predicted molar refractivity (Wildman–Crippen MR) is 143 cm³/mol. The van der Waals surface area contributed by atoms with Crippen molar-refractivity contribution in [3.8, 4) is 5.75 Å². The summed E-state index contributed by atoms with van der Waals surface area (Å²) >= 11 is 0. The molecule has 1 N–H and O–H groups in total. The second-order valence-corrected chi connectivity index (χ2v) is 12.0. The van der Waals surface area contributed by atoms with Gasteiger partial charge in [-0.25, -0.2) is 13.3 Å². The number of halogens is 3. The van der Waals surface area contributed by atoms with Gasteiger partial charge in [-0.3, -0.25) is 19.4 Å². The Morgan fingerprint density at radius 2 is 1.84 bits per heavy atom. The van der Waals surface area contributed by atoms with Gasteiger partial charge in [0.25, 0.3) is 11.8 Å². The Bertz CT molecular complexity index is 1820. The summed E-state index contributed by atoms with van der Waals surface area (Å²) in [6, 6.07) is 4.39. The van der Waals surface area contributed by atoms with E-state index in [4.69, 9.17) is 6.57 Å². The molecule has 16 heteroatoms. The van der Waals surface area contributed by atoms with Crippen LogP contribution in [0.3, 0.4) is 0 Å². The number of likely N-dealkylation sites (tertiary alicyclic amines) is 1.